The number of rotatable bonds is 6. The van der Waals surface area contributed by atoms with E-state index in [4.69, 9.17) is 15.2 Å². The number of nitrogen functional groups attached to an aromatic ring is 1. The molecule has 4 rings (SSSR count). The monoisotopic (exact) mass is 451 g/mol. The van der Waals surface area contributed by atoms with Gasteiger partial charge in [-0.2, -0.15) is 15.0 Å². The van der Waals surface area contributed by atoms with Crippen LogP contribution in [0.3, 0.4) is 0 Å². The molecule has 0 bridgehead atoms. The van der Waals surface area contributed by atoms with E-state index in [1.807, 2.05) is 16.7 Å². The third-order valence-corrected chi connectivity index (χ3v) is 5.62. The molecule has 2 atom stereocenters. The lowest BCUT2D eigenvalue weighted by atomic mass is 10.1. The van der Waals surface area contributed by atoms with Gasteiger partial charge in [0.2, 0.25) is 11.9 Å². The van der Waals surface area contributed by atoms with Crippen molar-refractivity contribution in [3.05, 3.63) is 17.8 Å². The number of anilines is 3. The van der Waals surface area contributed by atoms with Crippen LogP contribution in [-0.4, -0.2) is 83.3 Å². The highest BCUT2D eigenvalue weighted by Crippen LogP contribution is 2.32. The highest BCUT2D eigenvalue weighted by atomic mass is 19.3. The number of ether oxygens (including phenoxy) is 2. The summed E-state index contributed by atoms with van der Waals surface area (Å²) in [6.45, 7) is 4.94. The average molecular weight is 451 g/mol. The number of nitrogens with zero attached hydrogens (tertiary/aromatic N) is 6. The summed E-state index contributed by atoms with van der Waals surface area (Å²) in [6, 6.07) is 1.01. The maximum absolute atomic E-state index is 13.8. The van der Waals surface area contributed by atoms with Gasteiger partial charge in [-0.1, -0.05) is 0 Å². The normalized spacial score (nSPS) is 21.9. The van der Waals surface area contributed by atoms with Crippen molar-refractivity contribution >= 4 is 17.7 Å². The summed E-state index contributed by atoms with van der Waals surface area (Å²) in [5.41, 5.74) is 5.46. The minimum absolute atomic E-state index is 0.00320. The molecule has 0 radical (unpaired) electrons. The van der Waals surface area contributed by atoms with Crippen molar-refractivity contribution in [1.29, 1.82) is 0 Å². The molecule has 3 N–H and O–H groups in total. The number of aromatic nitrogens is 4. The van der Waals surface area contributed by atoms with E-state index < -0.39 is 6.43 Å². The first-order valence-electron chi connectivity index (χ1n) is 10.6. The van der Waals surface area contributed by atoms with Crippen molar-refractivity contribution in [3.63, 3.8) is 0 Å². The van der Waals surface area contributed by atoms with Crippen molar-refractivity contribution in [2.45, 2.75) is 31.9 Å². The van der Waals surface area contributed by atoms with Gasteiger partial charge in [0.05, 0.1) is 38.5 Å². The van der Waals surface area contributed by atoms with Crippen LogP contribution in [0.1, 0.15) is 25.3 Å². The molecule has 32 heavy (non-hydrogen) atoms. The molecule has 0 spiro atoms. The summed E-state index contributed by atoms with van der Waals surface area (Å²) in [6.07, 6.45) is -1.03. The summed E-state index contributed by atoms with van der Waals surface area (Å²) >= 11 is 0. The van der Waals surface area contributed by atoms with Crippen LogP contribution in [-0.2, 0) is 9.47 Å². The molecule has 2 aliphatic heterocycles. The van der Waals surface area contributed by atoms with Gasteiger partial charge in [-0.3, -0.25) is 0 Å². The standard InChI is InChI=1S/C20H27F2N7O3/c1-12-10-31-6-3-28(12)19-25-18(15-9-24-16(23)8-14(15)17(21)22)26-20(27-19)29-4-7-32-11-13(29)2-5-30/h8-9,12-13,17,30H,2-7,10-11H2,1H3,(H2,23,24)/t12-,13-/m1/s1. The summed E-state index contributed by atoms with van der Waals surface area (Å²) < 4.78 is 38.7. The molecule has 12 heteroatoms. The molecule has 0 saturated carbocycles. The second kappa shape index (κ2) is 9.84. The van der Waals surface area contributed by atoms with Crippen LogP contribution < -0.4 is 15.5 Å². The Balaban J connectivity index is 1.83. The molecule has 0 aromatic carbocycles. The molecule has 10 nitrogen and oxygen atoms in total. The molecule has 2 aromatic rings. The van der Waals surface area contributed by atoms with E-state index in [2.05, 4.69) is 19.9 Å². The molecule has 0 unspecified atom stereocenters. The smallest absolute Gasteiger partial charge is 0.264 e. The van der Waals surface area contributed by atoms with E-state index >= 15 is 0 Å². The van der Waals surface area contributed by atoms with Crippen molar-refractivity contribution in [3.8, 4) is 11.4 Å². The Labute approximate surface area is 184 Å². The van der Waals surface area contributed by atoms with Gasteiger partial charge in [-0.05, 0) is 19.4 Å². The number of nitrogens with two attached hydrogens (primary N) is 1. The number of morpholine rings is 2. The predicted molar refractivity (Wildman–Crippen MR) is 114 cm³/mol. The van der Waals surface area contributed by atoms with Crippen molar-refractivity contribution in [2.75, 3.05) is 61.7 Å². The number of aliphatic hydroxyl groups is 1. The van der Waals surface area contributed by atoms with Crippen LogP contribution in [0, 0.1) is 0 Å². The fourth-order valence-corrected chi connectivity index (χ4v) is 3.92. The Hall–Kier alpha value is -2.70. The lowest BCUT2D eigenvalue weighted by molar-refractivity contribution is 0.0840. The van der Waals surface area contributed by atoms with Gasteiger partial charge in [0.15, 0.2) is 5.82 Å². The van der Waals surface area contributed by atoms with Gasteiger partial charge in [-0.15, -0.1) is 0 Å². The van der Waals surface area contributed by atoms with Gasteiger partial charge in [0.25, 0.3) is 6.43 Å². The lowest BCUT2D eigenvalue weighted by Crippen LogP contribution is -2.48. The summed E-state index contributed by atoms with van der Waals surface area (Å²) in [5.74, 6) is 0.826. The van der Waals surface area contributed by atoms with E-state index in [0.29, 0.717) is 57.8 Å². The summed E-state index contributed by atoms with van der Waals surface area (Å²) in [5, 5.41) is 9.47. The van der Waals surface area contributed by atoms with E-state index in [0.717, 1.165) is 6.07 Å². The molecule has 4 heterocycles. The molecule has 2 fully saturated rings. The van der Waals surface area contributed by atoms with E-state index in [1.54, 1.807) is 0 Å². The first kappa shape index (κ1) is 22.5. The minimum Gasteiger partial charge on any atom is -0.396 e. The Morgan fingerprint density at radius 3 is 2.50 bits per heavy atom. The van der Waals surface area contributed by atoms with E-state index in [1.165, 1.54) is 6.20 Å². The van der Waals surface area contributed by atoms with Crippen LogP contribution in [0.25, 0.3) is 11.4 Å². The van der Waals surface area contributed by atoms with Crippen LogP contribution >= 0.6 is 0 Å². The van der Waals surface area contributed by atoms with Crippen LogP contribution in [0.15, 0.2) is 12.3 Å². The van der Waals surface area contributed by atoms with Crippen LogP contribution in [0.2, 0.25) is 0 Å². The largest absolute Gasteiger partial charge is 0.396 e. The SMILES string of the molecule is C[C@@H]1COCCN1c1nc(-c2cnc(N)cc2C(F)F)nc(N2CCOC[C@H]2CCO)n1. The molecule has 0 amide bonds. The summed E-state index contributed by atoms with van der Waals surface area (Å²) in [4.78, 5) is 21.7. The molecule has 2 aliphatic rings. The van der Waals surface area contributed by atoms with Crippen molar-refractivity contribution < 1.29 is 23.4 Å². The van der Waals surface area contributed by atoms with Crippen LogP contribution in [0.5, 0.6) is 0 Å². The third kappa shape index (κ3) is 4.71. The highest BCUT2D eigenvalue weighted by Gasteiger charge is 2.29. The number of halogens is 2. The second-order valence-corrected chi connectivity index (χ2v) is 7.81. The predicted octanol–water partition coefficient (Wildman–Crippen LogP) is 1.27. The van der Waals surface area contributed by atoms with Gasteiger partial charge >= 0.3 is 0 Å². The third-order valence-electron chi connectivity index (χ3n) is 5.62. The number of hydrogen-bond acceptors (Lipinski definition) is 10. The van der Waals surface area contributed by atoms with Crippen molar-refractivity contribution in [2.24, 2.45) is 0 Å². The van der Waals surface area contributed by atoms with Gasteiger partial charge in [-0.25, -0.2) is 13.8 Å². The first-order valence-corrected chi connectivity index (χ1v) is 10.6. The maximum atomic E-state index is 13.8. The molecular weight excluding hydrogens is 424 g/mol. The molecule has 174 valence electrons. The minimum atomic E-state index is -2.77. The molecule has 0 aliphatic carbocycles. The van der Waals surface area contributed by atoms with Gasteiger partial charge < -0.3 is 30.1 Å². The zero-order valence-electron chi connectivity index (χ0n) is 17.8. The Kier molecular flexibility index (Phi) is 6.92. The quantitative estimate of drug-likeness (QED) is 0.664. The van der Waals surface area contributed by atoms with E-state index in [9.17, 15) is 13.9 Å². The summed E-state index contributed by atoms with van der Waals surface area (Å²) in [7, 11) is 0. The maximum Gasteiger partial charge on any atom is 0.264 e. The van der Waals surface area contributed by atoms with E-state index in [-0.39, 0.29) is 41.5 Å². The average Bonchev–Trinajstić information content (AvgIpc) is 2.79. The Bertz CT molecular complexity index is 934. The first-order chi connectivity index (χ1) is 15.5. The zero-order valence-corrected chi connectivity index (χ0v) is 17.8. The lowest BCUT2D eigenvalue weighted by Gasteiger charge is -2.37. The highest BCUT2D eigenvalue weighted by molar-refractivity contribution is 5.64. The molecule has 2 saturated heterocycles. The second-order valence-electron chi connectivity index (χ2n) is 7.81. The molecular formula is C20H27F2N7O3. The fraction of sp³-hybridized carbons (Fsp3) is 0.600. The number of aliphatic hydroxyl groups excluding tert-OH is 1. The van der Waals surface area contributed by atoms with Crippen molar-refractivity contribution in [1.82, 2.24) is 19.9 Å². The fourth-order valence-electron chi connectivity index (χ4n) is 3.92. The Morgan fingerprint density at radius 1 is 1.12 bits per heavy atom. The number of hydrogen-bond donors (Lipinski definition) is 2. The van der Waals surface area contributed by atoms with Gasteiger partial charge in [0.1, 0.15) is 5.82 Å². The van der Waals surface area contributed by atoms with Crippen LogP contribution in [0.4, 0.5) is 26.5 Å². The number of alkyl halides is 2. The Morgan fingerprint density at radius 2 is 1.81 bits per heavy atom. The van der Waals surface area contributed by atoms with Gasteiger partial charge in [0, 0.05) is 37.0 Å². The number of pyridine rings is 1. The topological polar surface area (TPSA) is 123 Å². The zero-order chi connectivity index (χ0) is 22.7. The molecule has 2 aromatic heterocycles.